The van der Waals surface area contributed by atoms with Crippen molar-refractivity contribution >= 4 is 34.8 Å². The van der Waals surface area contributed by atoms with Gasteiger partial charge >= 0.3 is 0 Å². The van der Waals surface area contributed by atoms with Crippen LogP contribution in [0.5, 0.6) is 0 Å². The van der Waals surface area contributed by atoms with E-state index in [9.17, 15) is 25.9 Å². The van der Waals surface area contributed by atoms with Crippen molar-refractivity contribution in [2.75, 3.05) is 49.3 Å². The van der Waals surface area contributed by atoms with Gasteiger partial charge in [0, 0.05) is 14.5 Å². The van der Waals surface area contributed by atoms with Crippen LogP contribution in [0.2, 0.25) is 0 Å². The Morgan fingerprint density at radius 2 is 0.519 bits per heavy atom. The highest BCUT2D eigenvalue weighted by Crippen LogP contribution is 2.62. The maximum absolute atomic E-state index is 10.3. The average Bonchev–Trinajstić information content (AvgIpc) is 3.17. The number of hydrogen-bond acceptors (Lipinski definition) is 6. The molecule has 0 heterocycles. The number of hydrogen-bond donors (Lipinski definition) is 0. The predicted octanol–water partition coefficient (Wildman–Crippen LogP) is 13.6. The van der Waals surface area contributed by atoms with Crippen LogP contribution in [0.3, 0.4) is 0 Å². The van der Waals surface area contributed by atoms with Crippen LogP contribution in [0.15, 0.2) is 70.5 Å². The van der Waals surface area contributed by atoms with E-state index in [4.69, 9.17) is 0 Å². The molecule has 0 amide bonds. The lowest BCUT2D eigenvalue weighted by atomic mass is 10.4. The van der Waals surface area contributed by atoms with Crippen molar-refractivity contribution in [3.05, 3.63) is 60.7 Å². The number of rotatable bonds is 26. The van der Waals surface area contributed by atoms with Gasteiger partial charge < -0.3 is 9.11 Å². The average molecular weight is 833 g/mol. The molecule has 0 atom stereocenters. The minimum absolute atomic E-state index is 0.185. The van der Waals surface area contributed by atoms with Gasteiger partial charge in [0.05, 0.1) is 59.1 Å². The Hall–Kier alpha value is -0.880. The van der Waals surface area contributed by atoms with E-state index in [1.807, 2.05) is 0 Å². The Bertz CT molecular complexity index is 1140. The standard InChI is InChI=1S/2C16H36P.2C6H6O3S/c2*1-5-9-13-17(14-10-6-2,15-11-7-3)16-12-8-4;2*7-10(8,9)6-4-2-1-3-5-6/h2*5-16H2,1-4H3;2*1-5H,(H,7,8,9)/q2*+1;;/p-2. The molecule has 0 spiro atoms. The lowest BCUT2D eigenvalue weighted by Gasteiger charge is -2.28. The minimum atomic E-state index is -4.25. The highest BCUT2D eigenvalue weighted by Gasteiger charge is 2.35. The molecule has 6 nitrogen and oxygen atoms in total. The summed E-state index contributed by atoms with van der Waals surface area (Å²) in [4.78, 5) is -0.370. The molecular weight excluding hydrogens is 751 g/mol. The first-order chi connectivity index (χ1) is 25.7. The molecule has 316 valence electrons. The molecule has 0 fully saturated rings. The van der Waals surface area contributed by atoms with Crippen molar-refractivity contribution in [3.8, 4) is 0 Å². The molecule has 0 bridgehead atoms. The molecule has 2 rings (SSSR count). The zero-order valence-corrected chi connectivity index (χ0v) is 39.3. The molecule has 0 saturated carbocycles. The normalized spacial score (nSPS) is 11.7. The molecule has 0 radical (unpaired) electrons. The SMILES string of the molecule is CCCC[P+](CCCC)(CCCC)CCCC.CCCC[P+](CCCC)(CCCC)CCCC.O=S(=O)([O-])c1ccccc1.O=S(=O)([O-])c1ccccc1. The lowest BCUT2D eigenvalue weighted by Crippen LogP contribution is -2.12. The van der Waals surface area contributed by atoms with E-state index in [0.29, 0.717) is 0 Å². The lowest BCUT2D eigenvalue weighted by molar-refractivity contribution is 0.461. The van der Waals surface area contributed by atoms with E-state index >= 15 is 0 Å². The second kappa shape index (κ2) is 34.2. The molecule has 0 unspecified atom stereocenters. The first-order valence-electron chi connectivity index (χ1n) is 21.4. The Balaban J connectivity index is 0. The van der Waals surface area contributed by atoms with E-state index in [1.165, 1.54) is 151 Å². The molecule has 54 heavy (non-hydrogen) atoms. The quantitative estimate of drug-likeness (QED) is 0.0689. The van der Waals surface area contributed by atoms with Crippen LogP contribution in [0.1, 0.15) is 158 Å². The fourth-order valence-electron chi connectivity index (χ4n) is 6.46. The third kappa shape index (κ3) is 28.5. The molecule has 0 aliphatic heterocycles. The molecule has 2 aromatic carbocycles. The summed E-state index contributed by atoms with van der Waals surface area (Å²) in [5, 5.41) is 0. The van der Waals surface area contributed by atoms with Gasteiger partial charge in [0.1, 0.15) is 20.2 Å². The molecule has 0 aliphatic carbocycles. The van der Waals surface area contributed by atoms with Gasteiger partial charge in [-0.2, -0.15) is 0 Å². The monoisotopic (exact) mass is 833 g/mol. The van der Waals surface area contributed by atoms with Crippen LogP contribution in [-0.2, 0) is 20.2 Å². The van der Waals surface area contributed by atoms with Gasteiger partial charge in [-0.3, -0.25) is 0 Å². The Morgan fingerprint density at radius 3 is 0.630 bits per heavy atom. The second-order valence-electron chi connectivity index (χ2n) is 14.8. The topological polar surface area (TPSA) is 114 Å². The van der Waals surface area contributed by atoms with Crippen molar-refractivity contribution in [1.29, 1.82) is 0 Å². The summed E-state index contributed by atoms with van der Waals surface area (Å²) in [6.07, 6.45) is 35.9. The molecule has 2 aromatic rings. The van der Waals surface area contributed by atoms with Gasteiger partial charge in [-0.25, -0.2) is 16.8 Å². The van der Waals surface area contributed by atoms with E-state index in [1.54, 1.807) is 61.4 Å². The van der Waals surface area contributed by atoms with Crippen molar-refractivity contribution in [2.24, 2.45) is 0 Å². The van der Waals surface area contributed by atoms with Crippen LogP contribution >= 0.6 is 14.5 Å². The number of benzene rings is 2. The zero-order valence-electron chi connectivity index (χ0n) is 35.9. The first-order valence-corrected chi connectivity index (χ1v) is 29.3. The van der Waals surface area contributed by atoms with Gasteiger partial charge in [0.15, 0.2) is 0 Å². The van der Waals surface area contributed by atoms with E-state index in [0.717, 1.165) is 0 Å². The summed E-state index contributed by atoms with van der Waals surface area (Å²) in [5.74, 6) is 0. The van der Waals surface area contributed by atoms with Crippen molar-refractivity contribution in [2.45, 2.75) is 168 Å². The fourth-order valence-corrected chi connectivity index (χ4v) is 18.0. The predicted molar refractivity (Wildman–Crippen MR) is 241 cm³/mol. The van der Waals surface area contributed by atoms with Gasteiger partial charge in [0.25, 0.3) is 0 Å². The zero-order chi connectivity index (χ0) is 41.2. The summed E-state index contributed by atoms with van der Waals surface area (Å²) in [7, 11) is -9.63. The summed E-state index contributed by atoms with van der Waals surface area (Å²) in [6, 6.07) is 14.4. The van der Waals surface area contributed by atoms with Crippen molar-refractivity contribution in [1.82, 2.24) is 0 Å². The molecular formula is C44H82O6P2S2. The van der Waals surface area contributed by atoms with Crippen LogP contribution in [0.25, 0.3) is 0 Å². The highest BCUT2D eigenvalue weighted by atomic mass is 32.2. The minimum Gasteiger partial charge on any atom is -0.744 e. The smallest absolute Gasteiger partial charge is 0.124 e. The van der Waals surface area contributed by atoms with Crippen molar-refractivity contribution < 1.29 is 25.9 Å². The maximum Gasteiger partial charge on any atom is 0.124 e. The van der Waals surface area contributed by atoms with Crippen LogP contribution in [-0.4, -0.2) is 75.2 Å². The van der Waals surface area contributed by atoms with Gasteiger partial charge in [-0.1, -0.05) is 143 Å². The van der Waals surface area contributed by atoms with E-state index in [-0.39, 0.29) is 9.79 Å². The van der Waals surface area contributed by atoms with E-state index < -0.39 is 34.8 Å². The maximum atomic E-state index is 10.3. The third-order valence-electron chi connectivity index (χ3n) is 9.95. The molecule has 0 N–H and O–H groups in total. The van der Waals surface area contributed by atoms with E-state index in [2.05, 4.69) is 55.4 Å². The molecule has 0 aromatic heterocycles. The summed E-state index contributed by atoms with van der Waals surface area (Å²) >= 11 is 0. The van der Waals surface area contributed by atoms with Crippen molar-refractivity contribution in [3.63, 3.8) is 0 Å². The van der Waals surface area contributed by atoms with Gasteiger partial charge in [-0.15, -0.1) is 0 Å². The van der Waals surface area contributed by atoms with Crippen LogP contribution < -0.4 is 0 Å². The molecule has 10 heteroatoms. The first kappa shape index (κ1) is 55.2. The fraction of sp³-hybridized carbons (Fsp3) is 0.727. The largest absolute Gasteiger partial charge is 0.744 e. The van der Waals surface area contributed by atoms with Gasteiger partial charge in [0.2, 0.25) is 0 Å². The molecule has 0 aliphatic rings. The second-order valence-corrected chi connectivity index (χ2v) is 26.5. The highest BCUT2D eigenvalue weighted by molar-refractivity contribution is 7.86. The Morgan fingerprint density at radius 1 is 0.352 bits per heavy atom. The van der Waals surface area contributed by atoms with Crippen LogP contribution in [0.4, 0.5) is 0 Å². The molecule has 0 saturated heterocycles. The summed E-state index contributed by atoms with van der Waals surface area (Å²) in [5.41, 5.74) is 0. The Labute approximate surface area is 337 Å². The summed E-state index contributed by atoms with van der Waals surface area (Å²) < 4.78 is 61.7. The summed E-state index contributed by atoms with van der Waals surface area (Å²) in [6.45, 7) is 18.8. The number of unbranched alkanes of at least 4 members (excludes halogenated alkanes) is 8. The van der Waals surface area contributed by atoms with Crippen LogP contribution in [0, 0.1) is 0 Å². The van der Waals surface area contributed by atoms with Gasteiger partial charge in [-0.05, 0) is 75.6 Å². The Kier molecular flexibility index (Phi) is 35.0. The third-order valence-corrected chi connectivity index (χ3v) is 21.8.